The van der Waals surface area contributed by atoms with Gasteiger partial charge in [0.2, 0.25) is 0 Å². The second-order valence-corrected chi connectivity index (χ2v) is 4.29. The van der Waals surface area contributed by atoms with Crippen molar-refractivity contribution in [3.8, 4) is 0 Å². The molecule has 0 spiro atoms. The van der Waals surface area contributed by atoms with Gasteiger partial charge in [0.15, 0.2) is 0 Å². The van der Waals surface area contributed by atoms with Gasteiger partial charge >= 0.3 is 5.97 Å². The van der Waals surface area contributed by atoms with Crippen LogP contribution >= 0.6 is 0 Å². The van der Waals surface area contributed by atoms with Gasteiger partial charge in [-0.25, -0.2) is 9.78 Å². The summed E-state index contributed by atoms with van der Waals surface area (Å²) in [5, 5.41) is 3.17. The molecule has 3 N–H and O–H groups in total. The molecule has 0 amide bonds. The van der Waals surface area contributed by atoms with Crippen molar-refractivity contribution in [3.05, 3.63) is 47.7 Å². The van der Waals surface area contributed by atoms with Gasteiger partial charge in [-0.15, -0.1) is 0 Å². The molecule has 0 bridgehead atoms. The summed E-state index contributed by atoms with van der Waals surface area (Å²) in [6.07, 6.45) is 2.38. The Morgan fingerprint density at radius 2 is 2.15 bits per heavy atom. The second kappa shape index (κ2) is 6.06. The van der Waals surface area contributed by atoms with Crippen LogP contribution < -0.4 is 11.1 Å². The van der Waals surface area contributed by atoms with E-state index in [2.05, 4.69) is 17.2 Å². The van der Waals surface area contributed by atoms with Crippen LogP contribution in [-0.4, -0.2) is 18.1 Å². The van der Waals surface area contributed by atoms with Gasteiger partial charge in [-0.1, -0.05) is 25.1 Å². The second-order valence-electron chi connectivity index (χ2n) is 4.29. The fourth-order valence-corrected chi connectivity index (χ4v) is 1.92. The molecule has 0 unspecified atom stereocenters. The molecule has 104 valence electrons. The topological polar surface area (TPSA) is 77.2 Å². The monoisotopic (exact) mass is 271 g/mol. The Balaban J connectivity index is 2.40. The Morgan fingerprint density at radius 1 is 1.40 bits per heavy atom. The number of nitrogen functional groups attached to an aromatic ring is 1. The number of nitrogens with one attached hydrogen (secondary N) is 1. The highest BCUT2D eigenvalue weighted by Gasteiger charge is 2.14. The summed E-state index contributed by atoms with van der Waals surface area (Å²) in [7, 11) is 1.33. The summed E-state index contributed by atoms with van der Waals surface area (Å²) in [4.78, 5) is 16.0. The van der Waals surface area contributed by atoms with Crippen molar-refractivity contribution in [2.45, 2.75) is 13.3 Å². The van der Waals surface area contributed by atoms with Crippen LogP contribution in [0.5, 0.6) is 0 Å². The fourth-order valence-electron chi connectivity index (χ4n) is 1.92. The predicted molar refractivity (Wildman–Crippen MR) is 79.1 cm³/mol. The van der Waals surface area contributed by atoms with E-state index in [-0.39, 0.29) is 0 Å². The molecule has 0 aliphatic carbocycles. The van der Waals surface area contributed by atoms with Crippen LogP contribution in [0.4, 0.5) is 17.2 Å². The molecule has 2 rings (SSSR count). The number of carbonyl (C=O) groups excluding carboxylic acids is 1. The van der Waals surface area contributed by atoms with E-state index in [1.165, 1.54) is 13.3 Å². The lowest BCUT2D eigenvalue weighted by Gasteiger charge is -2.13. The Kier molecular flexibility index (Phi) is 4.20. The van der Waals surface area contributed by atoms with Gasteiger partial charge in [-0.3, -0.25) is 0 Å². The van der Waals surface area contributed by atoms with Crippen molar-refractivity contribution in [1.82, 2.24) is 4.98 Å². The summed E-state index contributed by atoms with van der Waals surface area (Å²) in [6, 6.07) is 9.42. The first-order chi connectivity index (χ1) is 9.65. The third-order valence-corrected chi connectivity index (χ3v) is 2.97. The van der Waals surface area contributed by atoms with Crippen LogP contribution in [-0.2, 0) is 11.2 Å². The Morgan fingerprint density at radius 3 is 2.85 bits per heavy atom. The van der Waals surface area contributed by atoms with E-state index in [0.717, 1.165) is 17.7 Å². The number of aryl methyl sites for hydroxylation is 1. The number of methoxy groups -OCH3 is 1. The van der Waals surface area contributed by atoms with Crippen molar-refractivity contribution in [3.63, 3.8) is 0 Å². The lowest BCUT2D eigenvalue weighted by molar-refractivity contribution is 0.0601. The summed E-state index contributed by atoms with van der Waals surface area (Å²) in [5.74, 6) is -0.0340. The average Bonchev–Trinajstić information content (AvgIpc) is 2.48. The molecular formula is C15H17N3O2. The van der Waals surface area contributed by atoms with Crippen molar-refractivity contribution in [1.29, 1.82) is 0 Å². The molecule has 1 heterocycles. The molecule has 20 heavy (non-hydrogen) atoms. The maximum atomic E-state index is 11.8. The molecule has 0 fully saturated rings. The highest BCUT2D eigenvalue weighted by atomic mass is 16.5. The fraction of sp³-hybridized carbons (Fsp3) is 0.200. The minimum Gasteiger partial charge on any atom is -0.465 e. The number of esters is 1. The number of anilines is 3. The molecule has 0 saturated carbocycles. The normalized spacial score (nSPS) is 10.1. The van der Waals surface area contributed by atoms with Crippen molar-refractivity contribution in [2.24, 2.45) is 0 Å². The number of para-hydroxylation sites is 1. The smallest absolute Gasteiger partial charge is 0.341 e. The first-order valence-electron chi connectivity index (χ1n) is 6.34. The standard InChI is InChI=1S/C15H17N3O2/c1-3-10-6-4-5-7-13(10)18-14-12(15(19)20-2)8-11(16)9-17-14/h4-9H,3,16H2,1-2H3,(H,17,18). The highest BCUT2D eigenvalue weighted by Crippen LogP contribution is 2.24. The number of hydrogen-bond acceptors (Lipinski definition) is 5. The Bertz CT molecular complexity index is 626. The van der Waals surface area contributed by atoms with Crippen molar-refractivity contribution < 1.29 is 9.53 Å². The molecule has 5 heteroatoms. The van der Waals surface area contributed by atoms with Crippen molar-refractivity contribution in [2.75, 3.05) is 18.2 Å². The molecule has 2 aromatic rings. The van der Waals surface area contributed by atoms with E-state index in [4.69, 9.17) is 10.5 Å². The summed E-state index contributed by atoms with van der Waals surface area (Å²) in [6.45, 7) is 2.07. The molecule has 1 aromatic heterocycles. The molecule has 0 atom stereocenters. The van der Waals surface area contributed by atoms with Crippen LogP contribution in [0.2, 0.25) is 0 Å². The van der Waals surface area contributed by atoms with E-state index in [1.54, 1.807) is 6.07 Å². The van der Waals surface area contributed by atoms with Crippen LogP contribution in [0.15, 0.2) is 36.5 Å². The molecular weight excluding hydrogens is 254 g/mol. The van der Waals surface area contributed by atoms with Crippen LogP contribution in [0.25, 0.3) is 0 Å². The van der Waals surface area contributed by atoms with Crippen LogP contribution in [0, 0.1) is 0 Å². The number of aromatic nitrogens is 1. The highest BCUT2D eigenvalue weighted by molar-refractivity contribution is 5.96. The third kappa shape index (κ3) is 2.88. The minimum absolute atomic E-state index is 0.318. The lowest BCUT2D eigenvalue weighted by atomic mass is 10.1. The predicted octanol–water partition coefficient (Wildman–Crippen LogP) is 2.76. The number of nitrogens with two attached hydrogens (primary N) is 1. The number of carbonyl (C=O) groups is 1. The summed E-state index contributed by atoms with van der Waals surface area (Å²) < 4.78 is 4.75. The van der Waals surface area contributed by atoms with Gasteiger partial charge in [-0.2, -0.15) is 0 Å². The number of pyridine rings is 1. The largest absolute Gasteiger partial charge is 0.465 e. The van der Waals surface area contributed by atoms with Gasteiger partial charge < -0.3 is 15.8 Å². The van der Waals surface area contributed by atoms with E-state index < -0.39 is 5.97 Å². The van der Waals surface area contributed by atoms with E-state index in [9.17, 15) is 4.79 Å². The minimum atomic E-state index is -0.471. The molecule has 0 radical (unpaired) electrons. The van der Waals surface area contributed by atoms with Gasteiger partial charge in [-0.05, 0) is 24.1 Å². The average molecular weight is 271 g/mol. The van der Waals surface area contributed by atoms with E-state index in [1.807, 2.05) is 24.3 Å². The van der Waals surface area contributed by atoms with Crippen molar-refractivity contribution >= 4 is 23.2 Å². The summed E-state index contributed by atoms with van der Waals surface area (Å²) in [5.41, 5.74) is 8.46. The molecule has 5 nitrogen and oxygen atoms in total. The SMILES string of the molecule is CCc1ccccc1Nc1ncc(N)cc1C(=O)OC. The number of rotatable bonds is 4. The third-order valence-electron chi connectivity index (χ3n) is 2.97. The Hall–Kier alpha value is -2.56. The maximum Gasteiger partial charge on any atom is 0.341 e. The lowest BCUT2D eigenvalue weighted by Crippen LogP contribution is -2.09. The number of hydrogen-bond donors (Lipinski definition) is 2. The van der Waals surface area contributed by atoms with Gasteiger partial charge in [0.25, 0.3) is 0 Å². The Labute approximate surface area is 117 Å². The first-order valence-corrected chi connectivity index (χ1v) is 6.34. The van der Waals surface area contributed by atoms with E-state index in [0.29, 0.717) is 17.1 Å². The zero-order valence-electron chi connectivity index (χ0n) is 11.5. The first kappa shape index (κ1) is 13.9. The number of benzene rings is 1. The maximum absolute atomic E-state index is 11.8. The number of ether oxygens (including phenoxy) is 1. The van der Waals surface area contributed by atoms with Gasteiger partial charge in [0, 0.05) is 5.69 Å². The molecule has 0 aliphatic rings. The van der Waals surface area contributed by atoms with E-state index >= 15 is 0 Å². The molecule has 0 saturated heterocycles. The zero-order valence-corrected chi connectivity index (χ0v) is 11.5. The van der Waals surface area contributed by atoms with Gasteiger partial charge in [0.1, 0.15) is 11.4 Å². The number of nitrogens with zero attached hydrogens (tertiary/aromatic N) is 1. The summed E-state index contributed by atoms with van der Waals surface area (Å²) >= 11 is 0. The van der Waals surface area contributed by atoms with Gasteiger partial charge in [0.05, 0.1) is 19.0 Å². The quantitative estimate of drug-likeness (QED) is 0.836. The van der Waals surface area contributed by atoms with Crippen LogP contribution in [0.1, 0.15) is 22.8 Å². The molecule has 0 aliphatic heterocycles. The molecule has 1 aromatic carbocycles. The zero-order chi connectivity index (χ0) is 14.5. The van der Waals surface area contributed by atoms with Crippen LogP contribution in [0.3, 0.4) is 0 Å².